The molecule has 2 N–H and O–H groups in total. The molecule has 1 aromatic rings. The fraction of sp³-hybridized carbons (Fsp3) is 0.500. The number of pyridine rings is 1. The lowest BCUT2D eigenvalue weighted by Crippen LogP contribution is -2.25. The number of aromatic nitrogens is 1. The molecule has 0 saturated heterocycles. The predicted octanol–water partition coefficient (Wildman–Crippen LogP) is 0.942. The summed E-state index contributed by atoms with van der Waals surface area (Å²) in [6.45, 7) is 3.38. The minimum Gasteiger partial charge on any atom is -0.392 e. The second-order valence-corrected chi connectivity index (χ2v) is 3.05. The first-order chi connectivity index (χ1) is 6.33. The van der Waals surface area contributed by atoms with E-state index >= 15 is 0 Å². The van der Waals surface area contributed by atoms with Crippen molar-refractivity contribution < 1.29 is 5.11 Å². The quantitative estimate of drug-likeness (QED) is 0.709. The first-order valence-corrected chi connectivity index (χ1v) is 4.60. The molecule has 0 unspecified atom stereocenters. The average Bonchev–Trinajstić information content (AvgIpc) is 2.19. The second kappa shape index (κ2) is 5.67. The van der Waals surface area contributed by atoms with Crippen molar-refractivity contribution in [1.82, 2.24) is 10.3 Å². The predicted molar refractivity (Wildman–Crippen MR) is 52.2 cm³/mol. The van der Waals surface area contributed by atoms with Crippen LogP contribution in [0.15, 0.2) is 24.5 Å². The van der Waals surface area contributed by atoms with Gasteiger partial charge in [0.15, 0.2) is 0 Å². The summed E-state index contributed by atoms with van der Waals surface area (Å²) in [4.78, 5) is 4.00. The Kier molecular flexibility index (Phi) is 4.43. The Morgan fingerprint density at radius 2 is 2.46 bits per heavy atom. The fourth-order valence-corrected chi connectivity index (χ4v) is 1.03. The third-order valence-corrected chi connectivity index (χ3v) is 1.90. The van der Waals surface area contributed by atoms with Crippen LogP contribution < -0.4 is 5.32 Å². The van der Waals surface area contributed by atoms with E-state index in [1.165, 1.54) is 0 Å². The zero-order valence-corrected chi connectivity index (χ0v) is 7.90. The van der Waals surface area contributed by atoms with Gasteiger partial charge >= 0.3 is 0 Å². The van der Waals surface area contributed by atoms with Crippen molar-refractivity contribution in [3.05, 3.63) is 30.1 Å². The second-order valence-electron chi connectivity index (χ2n) is 3.05. The monoisotopic (exact) mass is 180 g/mol. The van der Waals surface area contributed by atoms with Crippen molar-refractivity contribution >= 4 is 0 Å². The van der Waals surface area contributed by atoms with E-state index in [2.05, 4.69) is 10.3 Å². The van der Waals surface area contributed by atoms with Crippen LogP contribution in [0.25, 0.3) is 0 Å². The van der Waals surface area contributed by atoms with Crippen LogP contribution in [0.1, 0.15) is 18.9 Å². The fourth-order valence-electron chi connectivity index (χ4n) is 1.03. The van der Waals surface area contributed by atoms with Gasteiger partial charge in [-0.05, 0) is 18.1 Å². The zero-order chi connectivity index (χ0) is 9.52. The van der Waals surface area contributed by atoms with Crippen LogP contribution >= 0.6 is 0 Å². The van der Waals surface area contributed by atoms with Crippen molar-refractivity contribution in [2.24, 2.45) is 0 Å². The molecule has 0 bridgehead atoms. The van der Waals surface area contributed by atoms with Gasteiger partial charge in [0.2, 0.25) is 0 Å². The molecule has 1 rings (SSSR count). The highest BCUT2D eigenvalue weighted by molar-refractivity contribution is 5.07. The van der Waals surface area contributed by atoms with E-state index < -0.39 is 0 Å². The molecule has 0 aliphatic rings. The standard InChI is InChI=1S/C10H16N2O/c1-2-10(13)8-12-7-9-4-3-5-11-6-9/h3-6,10,12-13H,2,7-8H2,1H3/t10-/m0/s1. The molecule has 0 aromatic carbocycles. The Morgan fingerprint density at radius 3 is 3.08 bits per heavy atom. The van der Waals surface area contributed by atoms with E-state index in [1.54, 1.807) is 6.20 Å². The highest BCUT2D eigenvalue weighted by Crippen LogP contribution is 1.94. The van der Waals surface area contributed by atoms with E-state index in [0.717, 1.165) is 18.5 Å². The van der Waals surface area contributed by atoms with Crippen LogP contribution in [-0.2, 0) is 6.54 Å². The van der Waals surface area contributed by atoms with Gasteiger partial charge in [0.05, 0.1) is 6.10 Å². The van der Waals surface area contributed by atoms with Gasteiger partial charge in [-0.15, -0.1) is 0 Å². The summed E-state index contributed by atoms with van der Waals surface area (Å²) in [5.74, 6) is 0. The molecule has 3 nitrogen and oxygen atoms in total. The van der Waals surface area contributed by atoms with E-state index in [4.69, 9.17) is 0 Å². The van der Waals surface area contributed by atoms with Crippen molar-refractivity contribution in [2.45, 2.75) is 26.0 Å². The maximum Gasteiger partial charge on any atom is 0.0662 e. The minimum absolute atomic E-state index is 0.239. The van der Waals surface area contributed by atoms with Gasteiger partial charge in [0.1, 0.15) is 0 Å². The largest absolute Gasteiger partial charge is 0.392 e. The number of aliphatic hydroxyl groups is 1. The van der Waals surface area contributed by atoms with Crippen molar-refractivity contribution in [3.8, 4) is 0 Å². The van der Waals surface area contributed by atoms with Crippen LogP contribution in [0, 0.1) is 0 Å². The van der Waals surface area contributed by atoms with Crippen LogP contribution in [0.4, 0.5) is 0 Å². The molecule has 0 fully saturated rings. The molecule has 13 heavy (non-hydrogen) atoms. The summed E-state index contributed by atoms with van der Waals surface area (Å²) in [7, 11) is 0. The average molecular weight is 180 g/mol. The molecule has 3 heteroatoms. The summed E-state index contributed by atoms with van der Waals surface area (Å²) < 4.78 is 0. The lowest BCUT2D eigenvalue weighted by atomic mass is 10.2. The number of nitrogens with zero attached hydrogens (tertiary/aromatic N) is 1. The summed E-state index contributed by atoms with van der Waals surface area (Å²) in [5.41, 5.74) is 1.14. The van der Waals surface area contributed by atoms with Crippen LogP contribution in [-0.4, -0.2) is 22.7 Å². The Labute approximate surface area is 78.8 Å². The SMILES string of the molecule is CC[C@H](O)CNCc1cccnc1. The summed E-state index contributed by atoms with van der Waals surface area (Å²) >= 11 is 0. The third-order valence-electron chi connectivity index (χ3n) is 1.90. The molecule has 1 heterocycles. The zero-order valence-electron chi connectivity index (χ0n) is 7.90. The molecule has 0 amide bonds. The van der Waals surface area contributed by atoms with Gasteiger partial charge in [0.25, 0.3) is 0 Å². The highest BCUT2D eigenvalue weighted by Gasteiger charge is 1.98. The van der Waals surface area contributed by atoms with E-state index in [0.29, 0.717) is 6.54 Å². The van der Waals surface area contributed by atoms with Gasteiger partial charge in [-0.2, -0.15) is 0 Å². The molecule has 0 saturated carbocycles. The number of nitrogens with one attached hydrogen (secondary N) is 1. The molecule has 0 aliphatic carbocycles. The van der Waals surface area contributed by atoms with Gasteiger partial charge in [-0.1, -0.05) is 13.0 Å². The van der Waals surface area contributed by atoms with Gasteiger partial charge in [-0.3, -0.25) is 4.98 Å². The van der Waals surface area contributed by atoms with Crippen LogP contribution in [0.5, 0.6) is 0 Å². The third kappa shape index (κ3) is 4.01. The maximum atomic E-state index is 9.26. The van der Waals surface area contributed by atoms with Gasteiger partial charge in [-0.25, -0.2) is 0 Å². The molecule has 0 spiro atoms. The molecule has 0 radical (unpaired) electrons. The molecule has 0 aliphatic heterocycles. The number of hydrogen-bond donors (Lipinski definition) is 2. The lowest BCUT2D eigenvalue weighted by molar-refractivity contribution is 0.167. The van der Waals surface area contributed by atoms with Gasteiger partial charge < -0.3 is 10.4 Å². The lowest BCUT2D eigenvalue weighted by Gasteiger charge is -2.08. The summed E-state index contributed by atoms with van der Waals surface area (Å²) in [5, 5.41) is 12.4. The maximum absolute atomic E-state index is 9.26. The molecular formula is C10H16N2O. The first-order valence-electron chi connectivity index (χ1n) is 4.60. The molecule has 1 aromatic heterocycles. The summed E-state index contributed by atoms with van der Waals surface area (Å²) in [6, 6.07) is 3.92. The number of hydrogen-bond acceptors (Lipinski definition) is 3. The van der Waals surface area contributed by atoms with Crippen molar-refractivity contribution in [1.29, 1.82) is 0 Å². The Hall–Kier alpha value is -0.930. The van der Waals surface area contributed by atoms with E-state index in [-0.39, 0.29) is 6.10 Å². The van der Waals surface area contributed by atoms with Gasteiger partial charge in [0, 0.05) is 25.5 Å². The number of aliphatic hydroxyl groups excluding tert-OH is 1. The Bertz CT molecular complexity index is 226. The van der Waals surface area contributed by atoms with Crippen molar-refractivity contribution in [2.75, 3.05) is 6.54 Å². The van der Waals surface area contributed by atoms with Crippen LogP contribution in [0.2, 0.25) is 0 Å². The molecule has 72 valence electrons. The summed E-state index contributed by atoms with van der Waals surface area (Å²) in [6.07, 6.45) is 4.13. The Morgan fingerprint density at radius 1 is 1.62 bits per heavy atom. The van der Waals surface area contributed by atoms with Crippen molar-refractivity contribution in [3.63, 3.8) is 0 Å². The topological polar surface area (TPSA) is 45.1 Å². The highest BCUT2D eigenvalue weighted by atomic mass is 16.3. The first kappa shape index (κ1) is 10.2. The van der Waals surface area contributed by atoms with E-state index in [1.807, 2.05) is 25.3 Å². The Balaban J connectivity index is 2.20. The normalized spacial score (nSPS) is 12.8. The molecular weight excluding hydrogens is 164 g/mol. The van der Waals surface area contributed by atoms with Crippen LogP contribution in [0.3, 0.4) is 0 Å². The smallest absolute Gasteiger partial charge is 0.0662 e. The molecule has 1 atom stereocenters. The number of rotatable bonds is 5. The minimum atomic E-state index is -0.239. The van der Waals surface area contributed by atoms with E-state index in [9.17, 15) is 5.11 Å².